The summed E-state index contributed by atoms with van der Waals surface area (Å²) in [4.78, 5) is 31.2. The summed E-state index contributed by atoms with van der Waals surface area (Å²) in [6.45, 7) is 3.58. The highest BCUT2D eigenvalue weighted by molar-refractivity contribution is 6.09. The number of fused-ring (bicyclic) bond motifs is 1. The lowest BCUT2D eigenvalue weighted by atomic mass is 9.98. The van der Waals surface area contributed by atoms with Gasteiger partial charge in [-0.1, -0.05) is 6.42 Å². The molecule has 3 aliphatic rings. The summed E-state index contributed by atoms with van der Waals surface area (Å²) in [5.41, 5.74) is 0.180. The number of rotatable bonds is 2. The van der Waals surface area contributed by atoms with Gasteiger partial charge in [0.25, 0.3) is 0 Å². The maximum Gasteiger partial charge on any atom is 0.239 e. The van der Waals surface area contributed by atoms with Crippen molar-refractivity contribution in [1.29, 1.82) is 0 Å². The smallest absolute Gasteiger partial charge is 0.239 e. The molecule has 3 aliphatic heterocycles. The third kappa shape index (κ3) is 3.20. The van der Waals surface area contributed by atoms with Crippen LogP contribution in [0.1, 0.15) is 25.7 Å². The minimum absolute atomic E-state index is 0.139. The van der Waals surface area contributed by atoms with E-state index >= 15 is 0 Å². The number of nitrogens with zero attached hydrogens (tertiary/aromatic N) is 3. The maximum absolute atomic E-state index is 13.5. The predicted molar refractivity (Wildman–Crippen MR) is 92.6 cm³/mol. The number of piperidine rings is 1. The summed E-state index contributed by atoms with van der Waals surface area (Å²) in [5, 5.41) is 0. The van der Waals surface area contributed by atoms with Crippen LogP contribution < -0.4 is 4.90 Å². The van der Waals surface area contributed by atoms with E-state index in [2.05, 4.69) is 4.90 Å². The monoisotopic (exact) mass is 363 g/mol. The van der Waals surface area contributed by atoms with Gasteiger partial charge in [0.15, 0.2) is 0 Å². The quantitative estimate of drug-likeness (QED) is 0.755. The predicted octanol–water partition coefficient (Wildman–Crippen LogP) is 2.01. The van der Waals surface area contributed by atoms with Gasteiger partial charge in [0, 0.05) is 44.0 Å². The molecule has 0 bridgehead atoms. The van der Waals surface area contributed by atoms with Gasteiger partial charge in [-0.05, 0) is 37.9 Å². The first-order valence-corrected chi connectivity index (χ1v) is 9.33. The lowest BCUT2D eigenvalue weighted by Gasteiger charge is -2.44. The second-order valence-corrected chi connectivity index (χ2v) is 7.43. The van der Waals surface area contributed by atoms with Crippen LogP contribution in [-0.2, 0) is 9.59 Å². The van der Waals surface area contributed by atoms with E-state index in [1.165, 1.54) is 17.7 Å². The molecule has 3 heterocycles. The van der Waals surface area contributed by atoms with Crippen LogP contribution in [-0.4, -0.2) is 60.4 Å². The first-order valence-electron chi connectivity index (χ1n) is 9.33. The van der Waals surface area contributed by atoms with Gasteiger partial charge in [0.2, 0.25) is 11.8 Å². The van der Waals surface area contributed by atoms with Gasteiger partial charge in [-0.3, -0.25) is 14.5 Å². The maximum atomic E-state index is 13.5. The molecule has 3 fully saturated rings. The number of anilines is 1. The van der Waals surface area contributed by atoms with Crippen molar-refractivity contribution >= 4 is 17.5 Å². The Morgan fingerprint density at radius 2 is 1.73 bits per heavy atom. The summed E-state index contributed by atoms with van der Waals surface area (Å²) >= 11 is 0. The molecule has 1 aromatic rings. The number of hydrogen-bond acceptors (Lipinski definition) is 3. The Morgan fingerprint density at radius 1 is 0.962 bits per heavy atom. The van der Waals surface area contributed by atoms with Gasteiger partial charge in [-0.25, -0.2) is 8.78 Å². The third-order valence-electron chi connectivity index (χ3n) is 5.81. The molecule has 5 nitrogen and oxygen atoms in total. The van der Waals surface area contributed by atoms with Gasteiger partial charge in [0.1, 0.15) is 17.6 Å². The van der Waals surface area contributed by atoms with Crippen LogP contribution in [0.3, 0.4) is 0 Å². The summed E-state index contributed by atoms with van der Waals surface area (Å²) in [5.74, 6) is -2.69. The van der Waals surface area contributed by atoms with Crippen molar-refractivity contribution in [2.24, 2.45) is 5.92 Å². The van der Waals surface area contributed by atoms with Crippen molar-refractivity contribution in [3.8, 4) is 0 Å². The lowest BCUT2D eigenvalue weighted by molar-refractivity contribution is -0.142. The molecular weight excluding hydrogens is 340 g/mol. The topological polar surface area (TPSA) is 43.9 Å². The highest BCUT2D eigenvalue weighted by Crippen LogP contribution is 2.29. The number of halogens is 2. The largest absolute Gasteiger partial charge is 0.339 e. The minimum atomic E-state index is -0.739. The summed E-state index contributed by atoms with van der Waals surface area (Å²) in [6, 6.07) is 3.44. The molecule has 0 aromatic heterocycles. The zero-order valence-corrected chi connectivity index (χ0v) is 14.7. The standard InChI is InChI=1S/C19H23F2N3O2/c20-13-9-14(21)11-16(10-13)24-6-4-17(19(24)26)18(25)23-8-7-22-5-2-1-3-15(22)12-23/h9-11,15,17H,1-8,12H2/t15-,17-/m1/s1. The van der Waals surface area contributed by atoms with Gasteiger partial charge >= 0.3 is 0 Å². The second-order valence-electron chi connectivity index (χ2n) is 7.43. The average Bonchev–Trinajstić information content (AvgIpc) is 3.01. The van der Waals surface area contributed by atoms with Crippen molar-refractivity contribution in [1.82, 2.24) is 9.80 Å². The van der Waals surface area contributed by atoms with Gasteiger partial charge in [0.05, 0.1) is 0 Å². The van der Waals surface area contributed by atoms with E-state index in [0.29, 0.717) is 32.1 Å². The molecular formula is C19H23F2N3O2. The summed E-state index contributed by atoms with van der Waals surface area (Å²) in [7, 11) is 0. The van der Waals surface area contributed by atoms with Crippen LogP contribution in [0.4, 0.5) is 14.5 Å². The normalized spacial score (nSPS) is 26.9. The molecule has 7 heteroatoms. The SMILES string of the molecule is O=C([C@H]1CCN(c2cc(F)cc(F)c2)C1=O)N1CCN2CCCC[C@@H]2C1. The van der Waals surface area contributed by atoms with E-state index in [4.69, 9.17) is 0 Å². The Morgan fingerprint density at radius 3 is 2.50 bits per heavy atom. The molecule has 4 rings (SSSR count). The number of amides is 2. The van der Waals surface area contributed by atoms with Gasteiger partial charge in [-0.15, -0.1) is 0 Å². The van der Waals surface area contributed by atoms with Crippen LogP contribution in [0.25, 0.3) is 0 Å². The molecule has 0 saturated carbocycles. The van der Waals surface area contributed by atoms with Crippen LogP contribution >= 0.6 is 0 Å². The van der Waals surface area contributed by atoms with E-state index in [-0.39, 0.29) is 17.5 Å². The molecule has 2 amide bonds. The fourth-order valence-corrected chi connectivity index (χ4v) is 4.44. The molecule has 26 heavy (non-hydrogen) atoms. The van der Waals surface area contributed by atoms with Crippen LogP contribution in [0.2, 0.25) is 0 Å². The number of carbonyl (C=O) groups is 2. The number of carbonyl (C=O) groups excluding carboxylic acids is 2. The average molecular weight is 363 g/mol. The molecule has 0 unspecified atom stereocenters. The van der Waals surface area contributed by atoms with Crippen LogP contribution in [0, 0.1) is 17.6 Å². The fourth-order valence-electron chi connectivity index (χ4n) is 4.44. The van der Waals surface area contributed by atoms with Gasteiger partial charge < -0.3 is 9.80 Å². The Kier molecular flexibility index (Phi) is 4.65. The Labute approximate surface area is 151 Å². The lowest BCUT2D eigenvalue weighted by Crippen LogP contribution is -2.57. The first-order chi connectivity index (χ1) is 12.5. The molecule has 0 radical (unpaired) electrons. The van der Waals surface area contributed by atoms with Crippen molar-refractivity contribution in [2.75, 3.05) is 37.6 Å². The van der Waals surface area contributed by atoms with Crippen molar-refractivity contribution in [3.05, 3.63) is 29.8 Å². The number of hydrogen-bond donors (Lipinski definition) is 0. The highest BCUT2D eigenvalue weighted by Gasteiger charge is 2.41. The second kappa shape index (κ2) is 6.95. The van der Waals surface area contributed by atoms with E-state index in [9.17, 15) is 18.4 Å². The van der Waals surface area contributed by atoms with E-state index < -0.39 is 17.6 Å². The molecule has 0 spiro atoms. The van der Waals surface area contributed by atoms with E-state index in [0.717, 1.165) is 37.7 Å². The molecule has 0 N–H and O–H groups in total. The zero-order chi connectivity index (χ0) is 18.3. The summed E-state index contributed by atoms with van der Waals surface area (Å²) in [6.07, 6.45) is 3.88. The number of benzene rings is 1. The molecule has 2 atom stereocenters. The van der Waals surface area contributed by atoms with E-state index in [1.54, 1.807) is 0 Å². The van der Waals surface area contributed by atoms with Crippen molar-refractivity contribution in [2.45, 2.75) is 31.7 Å². The van der Waals surface area contributed by atoms with E-state index in [1.807, 2.05) is 4.90 Å². The van der Waals surface area contributed by atoms with Crippen molar-refractivity contribution in [3.63, 3.8) is 0 Å². The number of piperazine rings is 1. The van der Waals surface area contributed by atoms with Gasteiger partial charge in [-0.2, -0.15) is 0 Å². The first kappa shape index (κ1) is 17.4. The van der Waals surface area contributed by atoms with Crippen molar-refractivity contribution < 1.29 is 18.4 Å². The molecule has 0 aliphatic carbocycles. The molecule has 1 aromatic carbocycles. The Hall–Kier alpha value is -2.02. The molecule has 3 saturated heterocycles. The molecule has 140 valence electrons. The Bertz CT molecular complexity index is 706. The van der Waals surface area contributed by atoms with Crippen LogP contribution in [0.15, 0.2) is 18.2 Å². The fraction of sp³-hybridized carbons (Fsp3) is 0.579. The third-order valence-corrected chi connectivity index (χ3v) is 5.81. The van der Waals surface area contributed by atoms with Crippen LogP contribution in [0.5, 0.6) is 0 Å². The highest BCUT2D eigenvalue weighted by atomic mass is 19.1. The Balaban J connectivity index is 1.45. The minimum Gasteiger partial charge on any atom is -0.339 e. The zero-order valence-electron chi connectivity index (χ0n) is 14.7. The summed E-state index contributed by atoms with van der Waals surface area (Å²) < 4.78 is 26.9.